The third-order valence-corrected chi connectivity index (χ3v) is 3.85. The van der Waals surface area contributed by atoms with Crippen molar-refractivity contribution < 1.29 is 9.90 Å². The molecule has 0 amide bonds. The topological polar surface area (TPSA) is 40.5 Å². The van der Waals surface area contributed by atoms with E-state index in [0.29, 0.717) is 0 Å². The molecule has 2 rings (SSSR count). The van der Waals surface area contributed by atoms with Crippen LogP contribution >= 0.6 is 11.3 Å². The average Bonchev–Trinajstić information content (AvgIpc) is 2.70. The van der Waals surface area contributed by atoms with Crippen LogP contribution in [0.15, 0.2) is 11.4 Å². The van der Waals surface area contributed by atoms with Crippen LogP contribution in [0.3, 0.4) is 0 Å². The molecule has 1 aliphatic rings. The Morgan fingerprint density at radius 3 is 3.13 bits per heavy atom. The van der Waals surface area contributed by atoms with Crippen LogP contribution in [0, 0.1) is 0 Å². The van der Waals surface area contributed by atoms with E-state index in [1.165, 1.54) is 11.3 Å². The number of hydrogen-bond donors (Lipinski definition) is 1. The van der Waals surface area contributed by atoms with Gasteiger partial charge in [-0.1, -0.05) is 0 Å². The lowest BCUT2D eigenvalue weighted by Crippen LogP contribution is -2.46. The first-order valence-electron chi connectivity index (χ1n) is 5.21. The van der Waals surface area contributed by atoms with Gasteiger partial charge in [-0.2, -0.15) is 0 Å². The van der Waals surface area contributed by atoms with Crippen molar-refractivity contribution in [2.45, 2.75) is 31.9 Å². The first kappa shape index (κ1) is 10.6. The predicted molar refractivity (Wildman–Crippen MR) is 61.8 cm³/mol. The first-order valence-corrected chi connectivity index (χ1v) is 6.09. The summed E-state index contributed by atoms with van der Waals surface area (Å²) in [6, 6.07) is 2.04. The van der Waals surface area contributed by atoms with E-state index in [1.54, 1.807) is 0 Å². The fraction of sp³-hybridized carbons (Fsp3) is 0.545. The molecule has 1 N–H and O–H groups in total. The molecule has 2 atom stereocenters. The van der Waals surface area contributed by atoms with Gasteiger partial charge in [-0.3, -0.25) is 4.79 Å². The summed E-state index contributed by atoms with van der Waals surface area (Å²) in [7, 11) is 0. The van der Waals surface area contributed by atoms with E-state index < -0.39 is 0 Å². The van der Waals surface area contributed by atoms with Gasteiger partial charge >= 0.3 is 0 Å². The smallest absolute Gasteiger partial charge is 0.160 e. The Morgan fingerprint density at radius 1 is 1.67 bits per heavy atom. The number of hydrogen-bond acceptors (Lipinski definition) is 4. The van der Waals surface area contributed by atoms with E-state index in [2.05, 4.69) is 4.90 Å². The minimum Gasteiger partial charge on any atom is -0.391 e. The maximum atomic E-state index is 10.6. The Balaban J connectivity index is 2.18. The average molecular weight is 225 g/mol. The molecule has 0 spiro atoms. The molecule has 0 bridgehead atoms. The molecule has 0 saturated carbocycles. The summed E-state index contributed by atoms with van der Waals surface area (Å²) in [6.45, 7) is 3.00. The highest BCUT2D eigenvalue weighted by Gasteiger charge is 2.26. The second kappa shape index (κ2) is 4.33. The Hall–Kier alpha value is -0.870. The van der Waals surface area contributed by atoms with Crippen LogP contribution < -0.4 is 4.90 Å². The van der Waals surface area contributed by atoms with Gasteiger partial charge in [0.1, 0.15) is 0 Å². The number of aldehydes is 1. The highest BCUT2D eigenvalue weighted by molar-refractivity contribution is 7.12. The van der Waals surface area contributed by atoms with Crippen molar-refractivity contribution in [2.24, 2.45) is 0 Å². The number of nitrogens with zero attached hydrogens (tertiary/aromatic N) is 1. The predicted octanol–water partition coefficient (Wildman–Crippen LogP) is 1.91. The first-order chi connectivity index (χ1) is 7.22. The summed E-state index contributed by atoms with van der Waals surface area (Å²) in [5.41, 5.74) is 1.06. The molecule has 0 aliphatic carbocycles. The van der Waals surface area contributed by atoms with Gasteiger partial charge in [0.2, 0.25) is 0 Å². The second-order valence-electron chi connectivity index (χ2n) is 3.97. The normalized spacial score (nSPS) is 26.7. The lowest BCUT2D eigenvalue weighted by molar-refractivity contribution is 0.112. The van der Waals surface area contributed by atoms with E-state index in [0.717, 1.165) is 36.2 Å². The molecule has 1 aliphatic heterocycles. The zero-order chi connectivity index (χ0) is 10.8. The molecule has 1 fully saturated rings. The van der Waals surface area contributed by atoms with Crippen LogP contribution in [0.2, 0.25) is 0 Å². The molecule has 0 radical (unpaired) electrons. The van der Waals surface area contributed by atoms with Gasteiger partial charge in [0.15, 0.2) is 6.29 Å². The van der Waals surface area contributed by atoms with Gasteiger partial charge in [-0.05, 0) is 25.8 Å². The molecule has 1 aromatic heterocycles. The SMILES string of the molecule is CC1C(O)CCCN1c1csc(C=O)c1. The standard InChI is InChI=1S/C11H15NO2S/c1-8-11(14)3-2-4-12(8)9-5-10(6-13)15-7-9/h5-8,11,14H,2-4H2,1H3. The molecular weight excluding hydrogens is 210 g/mol. The molecule has 1 saturated heterocycles. The van der Waals surface area contributed by atoms with Crippen molar-refractivity contribution in [1.82, 2.24) is 0 Å². The molecule has 4 heteroatoms. The van der Waals surface area contributed by atoms with Gasteiger partial charge in [0.05, 0.1) is 17.0 Å². The van der Waals surface area contributed by atoms with Crippen molar-refractivity contribution in [3.63, 3.8) is 0 Å². The third kappa shape index (κ3) is 2.06. The lowest BCUT2D eigenvalue weighted by atomic mass is 10.00. The van der Waals surface area contributed by atoms with Gasteiger partial charge < -0.3 is 10.0 Å². The number of aliphatic hydroxyl groups is 1. The van der Waals surface area contributed by atoms with Crippen LogP contribution in [0.1, 0.15) is 29.4 Å². The van der Waals surface area contributed by atoms with Gasteiger partial charge in [0.25, 0.3) is 0 Å². The summed E-state index contributed by atoms with van der Waals surface area (Å²) in [5.74, 6) is 0. The Labute approximate surface area is 93.3 Å². The summed E-state index contributed by atoms with van der Waals surface area (Å²) in [6.07, 6.45) is 2.51. The number of thiophene rings is 1. The molecule has 1 aromatic rings. The van der Waals surface area contributed by atoms with Crippen molar-refractivity contribution in [1.29, 1.82) is 0 Å². The van der Waals surface area contributed by atoms with E-state index in [1.807, 2.05) is 18.4 Å². The number of rotatable bonds is 2. The fourth-order valence-electron chi connectivity index (χ4n) is 2.04. The van der Waals surface area contributed by atoms with Gasteiger partial charge in [0, 0.05) is 17.6 Å². The fourth-order valence-corrected chi connectivity index (χ4v) is 2.75. The molecule has 0 aromatic carbocycles. The summed E-state index contributed by atoms with van der Waals surface area (Å²) in [4.78, 5) is 13.5. The van der Waals surface area contributed by atoms with Crippen molar-refractivity contribution >= 4 is 23.3 Å². The third-order valence-electron chi connectivity index (χ3n) is 3.00. The van der Waals surface area contributed by atoms with E-state index >= 15 is 0 Å². The minimum absolute atomic E-state index is 0.146. The maximum Gasteiger partial charge on any atom is 0.160 e. The molecular formula is C11H15NO2S. The van der Waals surface area contributed by atoms with Crippen LogP contribution in [0.25, 0.3) is 0 Å². The van der Waals surface area contributed by atoms with Crippen molar-refractivity contribution in [3.05, 3.63) is 16.3 Å². The van der Waals surface area contributed by atoms with Gasteiger partial charge in [-0.25, -0.2) is 0 Å². The largest absolute Gasteiger partial charge is 0.391 e. The Kier molecular flexibility index (Phi) is 3.07. The molecule has 2 unspecified atom stereocenters. The Morgan fingerprint density at radius 2 is 2.47 bits per heavy atom. The summed E-state index contributed by atoms with van der Waals surface area (Å²) in [5, 5.41) is 11.8. The monoisotopic (exact) mass is 225 g/mol. The lowest BCUT2D eigenvalue weighted by Gasteiger charge is -2.38. The van der Waals surface area contributed by atoms with Crippen molar-refractivity contribution in [2.75, 3.05) is 11.4 Å². The number of carbonyl (C=O) groups is 1. The quantitative estimate of drug-likeness (QED) is 0.782. The summed E-state index contributed by atoms with van der Waals surface area (Å²) < 4.78 is 0. The number of anilines is 1. The molecule has 3 nitrogen and oxygen atoms in total. The zero-order valence-corrected chi connectivity index (χ0v) is 9.54. The number of piperidine rings is 1. The van der Waals surface area contributed by atoms with Crippen molar-refractivity contribution in [3.8, 4) is 0 Å². The van der Waals surface area contributed by atoms with E-state index in [4.69, 9.17) is 0 Å². The maximum absolute atomic E-state index is 10.6. The van der Waals surface area contributed by atoms with Gasteiger partial charge in [-0.15, -0.1) is 11.3 Å². The van der Waals surface area contributed by atoms with Crippen LogP contribution in [0.4, 0.5) is 5.69 Å². The highest BCUT2D eigenvalue weighted by atomic mass is 32.1. The molecule has 82 valence electrons. The molecule has 2 heterocycles. The van der Waals surface area contributed by atoms with Crippen LogP contribution in [0.5, 0.6) is 0 Å². The van der Waals surface area contributed by atoms with Crippen LogP contribution in [-0.4, -0.2) is 30.1 Å². The van der Waals surface area contributed by atoms with Crippen LogP contribution in [-0.2, 0) is 0 Å². The Bertz CT molecular complexity index is 350. The summed E-state index contributed by atoms with van der Waals surface area (Å²) >= 11 is 1.46. The molecule has 15 heavy (non-hydrogen) atoms. The zero-order valence-electron chi connectivity index (χ0n) is 8.72. The number of carbonyl (C=O) groups excluding carboxylic acids is 1. The van der Waals surface area contributed by atoms with E-state index in [-0.39, 0.29) is 12.1 Å². The van der Waals surface area contributed by atoms with E-state index in [9.17, 15) is 9.90 Å². The second-order valence-corrected chi connectivity index (χ2v) is 4.91. The minimum atomic E-state index is -0.252. The number of aliphatic hydroxyl groups excluding tert-OH is 1. The highest BCUT2D eigenvalue weighted by Crippen LogP contribution is 2.28.